The number of benzene rings is 1. The van der Waals surface area contributed by atoms with Crippen molar-refractivity contribution < 1.29 is 18.3 Å². The summed E-state index contributed by atoms with van der Waals surface area (Å²) in [6, 6.07) is 3.52. The van der Waals surface area contributed by atoms with Gasteiger partial charge in [0, 0.05) is 25.7 Å². The topological polar surface area (TPSA) is 41.6 Å². The lowest BCUT2D eigenvalue weighted by molar-refractivity contribution is 0.00671. The summed E-state index contributed by atoms with van der Waals surface area (Å²) in [4.78, 5) is 14.3. The van der Waals surface area contributed by atoms with Gasteiger partial charge in [-0.2, -0.15) is 0 Å². The molecular weight excluding hydrogens is 290 g/mol. The Balaban J connectivity index is 2.01. The maximum absolute atomic E-state index is 13.6. The first kappa shape index (κ1) is 16.8. The second-order valence-corrected chi connectivity index (χ2v) is 5.77. The highest BCUT2D eigenvalue weighted by molar-refractivity contribution is 5.94. The van der Waals surface area contributed by atoms with E-state index in [0.29, 0.717) is 25.7 Å². The standard InChI is InChI=1S/C16H22F2N2O2/c1-11(2)14(20-6-8-22-9-7-20)10-19-16(21)15-12(17)4-3-5-13(15)18/h3-5,11,14H,6-10H2,1-2H3,(H,19,21). The molecule has 0 spiro atoms. The number of ether oxygens (including phenoxy) is 1. The average Bonchev–Trinajstić information content (AvgIpc) is 2.48. The van der Waals surface area contributed by atoms with Gasteiger partial charge in [0.05, 0.1) is 13.2 Å². The van der Waals surface area contributed by atoms with Crippen molar-refractivity contribution in [2.45, 2.75) is 19.9 Å². The highest BCUT2D eigenvalue weighted by Crippen LogP contribution is 2.14. The monoisotopic (exact) mass is 312 g/mol. The van der Waals surface area contributed by atoms with Gasteiger partial charge in [-0.05, 0) is 18.1 Å². The van der Waals surface area contributed by atoms with Gasteiger partial charge >= 0.3 is 0 Å². The van der Waals surface area contributed by atoms with E-state index in [4.69, 9.17) is 4.74 Å². The van der Waals surface area contributed by atoms with Gasteiger partial charge in [0.25, 0.3) is 5.91 Å². The van der Waals surface area contributed by atoms with Crippen LogP contribution >= 0.6 is 0 Å². The smallest absolute Gasteiger partial charge is 0.257 e. The van der Waals surface area contributed by atoms with Crippen LogP contribution < -0.4 is 5.32 Å². The first-order valence-corrected chi connectivity index (χ1v) is 7.54. The van der Waals surface area contributed by atoms with Crippen molar-refractivity contribution in [3.05, 3.63) is 35.4 Å². The third kappa shape index (κ3) is 4.01. The first-order valence-electron chi connectivity index (χ1n) is 7.54. The Morgan fingerprint density at radius 2 is 1.86 bits per heavy atom. The minimum Gasteiger partial charge on any atom is -0.379 e. The molecule has 22 heavy (non-hydrogen) atoms. The largest absolute Gasteiger partial charge is 0.379 e. The number of nitrogens with one attached hydrogen (secondary N) is 1. The van der Waals surface area contributed by atoms with Gasteiger partial charge in [0.2, 0.25) is 0 Å². The van der Waals surface area contributed by atoms with Crippen molar-refractivity contribution >= 4 is 5.91 Å². The second-order valence-electron chi connectivity index (χ2n) is 5.77. The lowest BCUT2D eigenvalue weighted by atomic mass is 10.0. The fourth-order valence-electron chi connectivity index (χ4n) is 2.70. The normalized spacial score (nSPS) is 17.5. The zero-order chi connectivity index (χ0) is 16.1. The molecule has 4 nitrogen and oxygen atoms in total. The van der Waals surface area contributed by atoms with E-state index < -0.39 is 23.1 Å². The number of hydrogen-bond acceptors (Lipinski definition) is 3. The Morgan fingerprint density at radius 3 is 2.41 bits per heavy atom. The average molecular weight is 312 g/mol. The maximum Gasteiger partial charge on any atom is 0.257 e. The summed E-state index contributed by atoms with van der Waals surface area (Å²) < 4.78 is 32.5. The van der Waals surface area contributed by atoms with Gasteiger partial charge in [-0.25, -0.2) is 8.78 Å². The molecule has 1 fully saturated rings. The number of amides is 1. The summed E-state index contributed by atoms with van der Waals surface area (Å²) in [6.07, 6.45) is 0. The van der Waals surface area contributed by atoms with Crippen LogP contribution in [0, 0.1) is 17.6 Å². The summed E-state index contributed by atoms with van der Waals surface area (Å²) in [7, 11) is 0. The van der Waals surface area contributed by atoms with Crippen LogP contribution in [0.2, 0.25) is 0 Å². The number of carbonyl (C=O) groups excluding carboxylic acids is 1. The molecule has 0 radical (unpaired) electrons. The molecule has 0 aromatic heterocycles. The minimum atomic E-state index is -0.843. The zero-order valence-electron chi connectivity index (χ0n) is 12.9. The van der Waals surface area contributed by atoms with Crippen molar-refractivity contribution in [1.82, 2.24) is 10.2 Å². The molecule has 1 aromatic rings. The molecule has 1 atom stereocenters. The second kappa shape index (κ2) is 7.65. The molecule has 0 bridgehead atoms. The maximum atomic E-state index is 13.6. The van der Waals surface area contributed by atoms with Gasteiger partial charge in [-0.1, -0.05) is 19.9 Å². The molecule has 6 heteroatoms. The summed E-state index contributed by atoms with van der Waals surface area (Å²) in [5.74, 6) is -2.09. The fourth-order valence-corrected chi connectivity index (χ4v) is 2.70. The predicted molar refractivity (Wildman–Crippen MR) is 79.7 cm³/mol. The summed E-state index contributed by atoms with van der Waals surface area (Å²) >= 11 is 0. The number of morpholine rings is 1. The summed E-state index contributed by atoms with van der Waals surface area (Å²) in [5, 5.41) is 2.66. The van der Waals surface area contributed by atoms with Gasteiger partial charge in [0.1, 0.15) is 17.2 Å². The zero-order valence-corrected chi connectivity index (χ0v) is 12.9. The number of nitrogens with zero attached hydrogens (tertiary/aromatic N) is 1. The van der Waals surface area contributed by atoms with Crippen LogP contribution in [0.25, 0.3) is 0 Å². The van der Waals surface area contributed by atoms with Crippen molar-refractivity contribution in [1.29, 1.82) is 0 Å². The third-order valence-electron chi connectivity index (χ3n) is 3.95. The Morgan fingerprint density at radius 1 is 1.27 bits per heavy atom. The number of carbonyl (C=O) groups is 1. The van der Waals surface area contributed by atoms with Gasteiger partial charge in [-0.15, -0.1) is 0 Å². The molecular formula is C16H22F2N2O2. The molecule has 1 saturated heterocycles. The quantitative estimate of drug-likeness (QED) is 0.905. The van der Waals surface area contributed by atoms with E-state index in [1.54, 1.807) is 0 Å². The van der Waals surface area contributed by atoms with Crippen LogP contribution in [0.4, 0.5) is 8.78 Å². The first-order chi connectivity index (χ1) is 10.5. The molecule has 1 aromatic carbocycles. The number of halogens is 2. The molecule has 1 aliphatic rings. The Labute approximate surface area is 129 Å². The minimum absolute atomic E-state index is 0.114. The van der Waals surface area contributed by atoms with Crippen LogP contribution in [0.3, 0.4) is 0 Å². The molecule has 1 aliphatic heterocycles. The van der Waals surface area contributed by atoms with Crippen molar-refractivity contribution in [2.24, 2.45) is 5.92 Å². The lowest BCUT2D eigenvalue weighted by Crippen LogP contribution is -2.51. The van der Waals surface area contributed by atoms with E-state index >= 15 is 0 Å². The predicted octanol–water partition coefficient (Wildman–Crippen LogP) is 2.05. The Hall–Kier alpha value is -1.53. The van der Waals surface area contributed by atoms with Gasteiger partial charge in [-0.3, -0.25) is 9.69 Å². The molecule has 1 heterocycles. The van der Waals surface area contributed by atoms with Crippen LogP contribution in [-0.2, 0) is 4.74 Å². The van der Waals surface area contributed by atoms with Gasteiger partial charge in [0.15, 0.2) is 0 Å². The molecule has 0 aliphatic carbocycles. The molecule has 0 saturated carbocycles. The Bertz CT molecular complexity index is 497. The van der Waals surface area contributed by atoms with E-state index in [0.717, 1.165) is 25.2 Å². The Kier molecular flexibility index (Phi) is 5.85. The van der Waals surface area contributed by atoms with Crippen LogP contribution in [0.5, 0.6) is 0 Å². The van der Waals surface area contributed by atoms with Crippen molar-refractivity contribution in [3.8, 4) is 0 Å². The molecule has 1 unspecified atom stereocenters. The number of rotatable bonds is 5. The van der Waals surface area contributed by atoms with E-state index in [9.17, 15) is 13.6 Å². The molecule has 122 valence electrons. The summed E-state index contributed by atoms with van der Waals surface area (Å²) in [6.45, 7) is 7.41. The van der Waals surface area contributed by atoms with Crippen LogP contribution in [0.1, 0.15) is 24.2 Å². The van der Waals surface area contributed by atoms with E-state index in [1.807, 2.05) is 0 Å². The molecule has 1 N–H and O–H groups in total. The highest BCUT2D eigenvalue weighted by atomic mass is 19.1. The van der Waals surface area contributed by atoms with Gasteiger partial charge < -0.3 is 10.1 Å². The van der Waals surface area contributed by atoms with E-state index in [1.165, 1.54) is 6.07 Å². The van der Waals surface area contributed by atoms with Crippen LogP contribution in [0.15, 0.2) is 18.2 Å². The molecule has 2 rings (SSSR count). The van der Waals surface area contributed by atoms with Crippen molar-refractivity contribution in [2.75, 3.05) is 32.8 Å². The highest BCUT2D eigenvalue weighted by Gasteiger charge is 2.25. The van der Waals surface area contributed by atoms with E-state index in [-0.39, 0.29) is 6.04 Å². The van der Waals surface area contributed by atoms with Crippen molar-refractivity contribution in [3.63, 3.8) is 0 Å². The third-order valence-corrected chi connectivity index (χ3v) is 3.95. The SMILES string of the molecule is CC(C)C(CNC(=O)c1c(F)cccc1F)N1CCOCC1. The van der Waals surface area contributed by atoms with E-state index in [2.05, 4.69) is 24.1 Å². The number of hydrogen-bond donors (Lipinski definition) is 1. The van der Waals surface area contributed by atoms with Crippen LogP contribution in [-0.4, -0.2) is 49.7 Å². The summed E-state index contributed by atoms with van der Waals surface area (Å²) in [5.41, 5.74) is -0.521. The lowest BCUT2D eigenvalue weighted by Gasteiger charge is -2.36. The molecule has 1 amide bonds. The fraction of sp³-hybridized carbons (Fsp3) is 0.562.